The van der Waals surface area contributed by atoms with Gasteiger partial charge in [-0.3, -0.25) is 0 Å². The van der Waals surface area contributed by atoms with Crippen molar-refractivity contribution in [2.45, 2.75) is 12.8 Å². The lowest BCUT2D eigenvalue weighted by Gasteiger charge is -2.02. The van der Waals surface area contributed by atoms with Gasteiger partial charge in [-0.2, -0.15) is 0 Å². The van der Waals surface area contributed by atoms with Gasteiger partial charge < -0.3 is 4.74 Å². The van der Waals surface area contributed by atoms with Crippen LogP contribution in [0.5, 0.6) is 0 Å². The molecule has 0 N–H and O–H groups in total. The molecule has 0 spiro atoms. The first-order chi connectivity index (χ1) is 10.7. The number of nitrogens with zero attached hydrogens (tertiary/aromatic N) is 1. The van der Waals surface area contributed by atoms with E-state index in [0.29, 0.717) is 29.5 Å². The number of esters is 1. The molecule has 3 rings (SSSR count). The van der Waals surface area contributed by atoms with Crippen LogP contribution in [0.4, 0.5) is 0 Å². The van der Waals surface area contributed by atoms with Gasteiger partial charge in [-0.05, 0) is 29.7 Å². The van der Waals surface area contributed by atoms with Gasteiger partial charge in [0.15, 0.2) is 11.6 Å². The molecular formula is C18H14ClNO2. The lowest BCUT2D eigenvalue weighted by atomic mass is 10.1. The highest BCUT2D eigenvalue weighted by Gasteiger charge is 2.22. The number of ether oxygens (including phenoxy) is 1. The highest BCUT2D eigenvalue weighted by molar-refractivity contribution is 6.31. The van der Waals surface area contributed by atoms with E-state index >= 15 is 0 Å². The van der Waals surface area contributed by atoms with Crippen LogP contribution in [-0.2, 0) is 16.0 Å². The summed E-state index contributed by atoms with van der Waals surface area (Å²) in [5.74, 6) is 0.0325. The normalized spacial score (nSPS) is 15.8. The molecule has 1 heterocycles. The van der Waals surface area contributed by atoms with Gasteiger partial charge in [0.2, 0.25) is 0 Å². The summed E-state index contributed by atoms with van der Waals surface area (Å²) < 4.78 is 5.21. The Labute approximate surface area is 133 Å². The number of hydrogen-bond donors (Lipinski definition) is 0. The second kappa shape index (κ2) is 6.58. The molecule has 1 aliphatic rings. The van der Waals surface area contributed by atoms with E-state index in [2.05, 4.69) is 4.99 Å². The van der Waals surface area contributed by atoms with Crippen molar-refractivity contribution >= 4 is 29.5 Å². The Balaban J connectivity index is 1.71. The molecule has 4 heteroatoms. The summed E-state index contributed by atoms with van der Waals surface area (Å²) in [6.07, 6.45) is 2.96. The first kappa shape index (κ1) is 14.5. The molecule has 0 aromatic heterocycles. The van der Waals surface area contributed by atoms with Crippen molar-refractivity contribution in [3.05, 3.63) is 76.4 Å². The van der Waals surface area contributed by atoms with Crippen LogP contribution in [0.25, 0.3) is 6.08 Å². The Kier molecular flexibility index (Phi) is 4.35. The third-order valence-corrected chi connectivity index (χ3v) is 3.70. The van der Waals surface area contributed by atoms with Crippen molar-refractivity contribution in [2.75, 3.05) is 0 Å². The predicted molar refractivity (Wildman–Crippen MR) is 87.7 cm³/mol. The van der Waals surface area contributed by atoms with Gasteiger partial charge in [-0.1, -0.05) is 60.1 Å². The van der Waals surface area contributed by atoms with Crippen LogP contribution in [0.2, 0.25) is 5.02 Å². The maximum atomic E-state index is 11.8. The van der Waals surface area contributed by atoms with Gasteiger partial charge in [0.25, 0.3) is 0 Å². The van der Waals surface area contributed by atoms with Crippen molar-refractivity contribution < 1.29 is 9.53 Å². The molecule has 3 nitrogen and oxygen atoms in total. The lowest BCUT2D eigenvalue weighted by Crippen LogP contribution is -2.05. The Bertz CT molecular complexity index is 751. The Morgan fingerprint density at radius 2 is 1.73 bits per heavy atom. The number of carbonyl (C=O) groups is 1. The van der Waals surface area contributed by atoms with Crippen LogP contribution >= 0.6 is 11.6 Å². The number of hydrogen-bond acceptors (Lipinski definition) is 3. The smallest absolute Gasteiger partial charge is 0.363 e. The van der Waals surface area contributed by atoms with E-state index in [0.717, 1.165) is 11.1 Å². The quantitative estimate of drug-likeness (QED) is 0.625. The molecule has 22 heavy (non-hydrogen) atoms. The largest absolute Gasteiger partial charge is 0.407 e. The van der Waals surface area contributed by atoms with E-state index in [-0.39, 0.29) is 0 Å². The summed E-state index contributed by atoms with van der Waals surface area (Å²) in [4.78, 5) is 16.1. The van der Waals surface area contributed by atoms with E-state index in [1.807, 2.05) is 54.6 Å². The summed E-state index contributed by atoms with van der Waals surface area (Å²) in [6.45, 7) is 0. The van der Waals surface area contributed by atoms with Crippen LogP contribution in [0.1, 0.15) is 17.5 Å². The fraction of sp³-hybridized carbons (Fsp3) is 0.111. The minimum Gasteiger partial charge on any atom is -0.407 e. The third-order valence-electron chi connectivity index (χ3n) is 3.33. The number of aliphatic imine (C=N–C) groups is 1. The zero-order chi connectivity index (χ0) is 15.4. The first-order valence-electron chi connectivity index (χ1n) is 7.02. The number of halogens is 1. The summed E-state index contributed by atoms with van der Waals surface area (Å²) in [5, 5.41) is 0.715. The standard InChI is InChI=1S/C18H14ClNO2/c19-15-9-5-4-8-14(15)10-11-17-20-16(18(21)22-17)12-13-6-2-1-3-7-13/h1-9,12H,10-11H2/b16-12+. The van der Waals surface area contributed by atoms with Crippen LogP contribution in [-0.4, -0.2) is 11.9 Å². The van der Waals surface area contributed by atoms with Gasteiger partial charge in [0, 0.05) is 11.4 Å². The maximum absolute atomic E-state index is 11.8. The van der Waals surface area contributed by atoms with E-state index < -0.39 is 5.97 Å². The van der Waals surface area contributed by atoms with E-state index in [1.54, 1.807) is 6.08 Å². The number of cyclic esters (lactones) is 1. The van der Waals surface area contributed by atoms with Gasteiger partial charge in [-0.15, -0.1) is 0 Å². The molecule has 0 aliphatic carbocycles. The maximum Gasteiger partial charge on any atom is 0.363 e. The number of aryl methyl sites for hydroxylation is 1. The fourth-order valence-electron chi connectivity index (χ4n) is 2.21. The third kappa shape index (κ3) is 3.43. The Hall–Kier alpha value is -2.39. The van der Waals surface area contributed by atoms with Crippen molar-refractivity contribution in [1.29, 1.82) is 0 Å². The second-order valence-corrected chi connectivity index (χ2v) is 5.33. The lowest BCUT2D eigenvalue weighted by molar-refractivity contribution is -0.130. The topological polar surface area (TPSA) is 38.7 Å². The van der Waals surface area contributed by atoms with Gasteiger partial charge in [-0.25, -0.2) is 9.79 Å². The molecule has 110 valence electrons. The van der Waals surface area contributed by atoms with Crippen molar-refractivity contribution in [1.82, 2.24) is 0 Å². The van der Waals surface area contributed by atoms with Gasteiger partial charge in [0.1, 0.15) is 0 Å². The molecule has 0 atom stereocenters. The number of carbonyl (C=O) groups excluding carboxylic acids is 1. The summed E-state index contributed by atoms with van der Waals surface area (Å²) >= 11 is 6.12. The van der Waals surface area contributed by atoms with Gasteiger partial charge in [0.05, 0.1) is 0 Å². The molecule has 0 saturated heterocycles. The van der Waals surface area contributed by atoms with Crippen molar-refractivity contribution in [3.8, 4) is 0 Å². The molecule has 2 aromatic rings. The van der Waals surface area contributed by atoms with E-state index in [9.17, 15) is 4.79 Å². The Morgan fingerprint density at radius 3 is 2.50 bits per heavy atom. The molecule has 0 amide bonds. The van der Waals surface area contributed by atoms with E-state index in [1.165, 1.54) is 0 Å². The number of rotatable bonds is 4. The molecular weight excluding hydrogens is 298 g/mol. The monoisotopic (exact) mass is 311 g/mol. The van der Waals surface area contributed by atoms with Crippen LogP contribution in [0.3, 0.4) is 0 Å². The fourth-order valence-corrected chi connectivity index (χ4v) is 2.44. The highest BCUT2D eigenvalue weighted by atomic mass is 35.5. The summed E-state index contributed by atoms with van der Waals surface area (Å²) in [5.41, 5.74) is 2.27. The first-order valence-corrected chi connectivity index (χ1v) is 7.40. The molecule has 1 aliphatic heterocycles. The molecule has 0 radical (unpaired) electrons. The Morgan fingerprint density at radius 1 is 1.00 bits per heavy atom. The molecule has 0 saturated carbocycles. The zero-order valence-electron chi connectivity index (χ0n) is 11.8. The van der Waals surface area contributed by atoms with Crippen molar-refractivity contribution in [2.24, 2.45) is 4.99 Å². The predicted octanol–water partition coefficient (Wildman–Crippen LogP) is 4.27. The van der Waals surface area contributed by atoms with Gasteiger partial charge >= 0.3 is 5.97 Å². The van der Waals surface area contributed by atoms with Crippen molar-refractivity contribution in [3.63, 3.8) is 0 Å². The summed E-state index contributed by atoms with van der Waals surface area (Å²) in [7, 11) is 0. The van der Waals surface area contributed by atoms with Crippen LogP contribution in [0.15, 0.2) is 65.3 Å². The molecule has 0 fully saturated rings. The van der Waals surface area contributed by atoms with E-state index in [4.69, 9.17) is 16.3 Å². The zero-order valence-corrected chi connectivity index (χ0v) is 12.6. The number of benzene rings is 2. The molecule has 0 bridgehead atoms. The minimum absolute atomic E-state index is 0.334. The van der Waals surface area contributed by atoms with Crippen LogP contribution < -0.4 is 0 Å². The average Bonchev–Trinajstić information content (AvgIpc) is 2.88. The van der Waals surface area contributed by atoms with Crippen LogP contribution in [0, 0.1) is 0 Å². The SMILES string of the molecule is O=C1OC(CCc2ccccc2Cl)=N/C1=C/c1ccccc1. The second-order valence-electron chi connectivity index (χ2n) is 4.93. The molecule has 0 unspecified atom stereocenters. The summed E-state index contributed by atoms with van der Waals surface area (Å²) in [6, 6.07) is 17.2. The average molecular weight is 312 g/mol. The minimum atomic E-state index is -0.405. The highest BCUT2D eigenvalue weighted by Crippen LogP contribution is 2.20. The molecule has 2 aromatic carbocycles.